The van der Waals surface area contributed by atoms with Crippen LogP contribution in [0.15, 0.2) is 48.5 Å². The van der Waals surface area contributed by atoms with E-state index in [9.17, 15) is 0 Å². The Hall–Kier alpha value is -2.34. The maximum Gasteiger partial charge on any atom is 0.142 e. The molecule has 0 fully saturated rings. The number of hydrogen-bond acceptors (Lipinski definition) is 3. The molecule has 1 unspecified atom stereocenters. The zero-order valence-corrected chi connectivity index (χ0v) is 12.1. The van der Waals surface area contributed by atoms with E-state index >= 15 is 0 Å². The van der Waals surface area contributed by atoms with Gasteiger partial charge >= 0.3 is 0 Å². The van der Waals surface area contributed by atoms with Crippen molar-refractivity contribution >= 4 is 5.82 Å². The molecule has 0 aliphatic rings. The van der Waals surface area contributed by atoms with E-state index in [0.717, 1.165) is 5.82 Å². The van der Waals surface area contributed by atoms with Crippen molar-refractivity contribution in [3.8, 4) is 6.07 Å². The molecule has 1 aromatic carbocycles. The van der Waals surface area contributed by atoms with E-state index in [1.807, 2.05) is 30.3 Å². The van der Waals surface area contributed by atoms with Gasteiger partial charge in [0.25, 0.3) is 0 Å². The normalized spacial score (nSPS) is 12.5. The highest BCUT2D eigenvalue weighted by Crippen LogP contribution is 2.35. The second-order valence-corrected chi connectivity index (χ2v) is 5.87. The van der Waals surface area contributed by atoms with Crippen LogP contribution in [0.5, 0.6) is 0 Å². The van der Waals surface area contributed by atoms with E-state index in [-0.39, 0.29) is 11.5 Å². The molecule has 3 heteroatoms. The Morgan fingerprint density at radius 2 is 1.75 bits per heavy atom. The number of rotatable bonds is 3. The lowest BCUT2D eigenvalue weighted by molar-refractivity contribution is 0.347. The van der Waals surface area contributed by atoms with Crippen LogP contribution in [0.25, 0.3) is 0 Å². The van der Waals surface area contributed by atoms with Crippen LogP contribution < -0.4 is 5.32 Å². The van der Waals surface area contributed by atoms with Gasteiger partial charge in [0.05, 0.1) is 6.04 Å². The molecular weight excluding hydrogens is 246 g/mol. The van der Waals surface area contributed by atoms with Crippen molar-refractivity contribution in [3.05, 3.63) is 59.8 Å². The SMILES string of the molecule is CC(C)(C)C(Nc1cccc(C#N)n1)c1ccccc1. The Kier molecular flexibility index (Phi) is 4.05. The molecule has 0 radical (unpaired) electrons. The number of benzene rings is 1. The Bertz CT molecular complexity index is 606. The average molecular weight is 265 g/mol. The summed E-state index contributed by atoms with van der Waals surface area (Å²) in [5.74, 6) is 0.729. The molecule has 0 saturated carbocycles. The van der Waals surface area contributed by atoms with Crippen LogP contribution in [-0.2, 0) is 0 Å². The summed E-state index contributed by atoms with van der Waals surface area (Å²) in [6.45, 7) is 6.56. The zero-order chi connectivity index (χ0) is 14.6. The van der Waals surface area contributed by atoms with Crippen LogP contribution in [0.3, 0.4) is 0 Å². The first-order chi connectivity index (χ1) is 9.50. The van der Waals surface area contributed by atoms with Crippen LogP contribution in [0, 0.1) is 16.7 Å². The first-order valence-corrected chi connectivity index (χ1v) is 6.69. The third kappa shape index (κ3) is 3.36. The zero-order valence-electron chi connectivity index (χ0n) is 12.1. The van der Waals surface area contributed by atoms with Gasteiger partial charge in [-0.3, -0.25) is 0 Å². The van der Waals surface area contributed by atoms with Gasteiger partial charge in [0, 0.05) is 0 Å². The molecule has 0 saturated heterocycles. The lowest BCUT2D eigenvalue weighted by Gasteiger charge is -2.32. The molecule has 1 aromatic heterocycles. The van der Waals surface area contributed by atoms with Gasteiger partial charge in [0.1, 0.15) is 17.6 Å². The first kappa shape index (κ1) is 14.1. The molecule has 0 aliphatic carbocycles. The summed E-state index contributed by atoms with van der Waals surface area (Å²) in [5.41, 5.74) is 1.67. The molecule has 102 valence electrons. The van der Waals surface area contributed by atoms with Crippen molar-refractivity contribution in [3.63, 3.8) is 0 Å². The topological polar surface area (TPSA) is 48.7 Å². The Morgan fingerprint density at radius 1 is 1.05 bits per heavy atom. The second kappa shape index (κ2) is 5.75. The van der Waals surface area contributed by atoms with Crippen LogP contribution >= 0.6 is 0 Å². The van der Waals surface area contributed by atoms with E-state index in [2.05, 4.69) is 49.3 Å². The lowest BCUT2D eigenvalue weighted by Crippen LogP contribution is -2.26. The van der Waals surface area contributed by atoms with Crippen molar-refractivity contribution in [2.24, 2.45) is 5.41 Å². The molecule has 0 aliphatic heterocycles. The minimum absolute atomic E-state index is 0.0334. The Balaban J connectivity index is 2.32. The van der Waals surface area contributed by atoms with Crippen molar-refractivity contribution in [1.82, 2.24) is 4.98 Å². The minimum atomic E-state index is 0.0334. The van der Waals surface area contributed by atoms with Crippen LogP contribution in [0.1, 0.15) is 38.1 Å². The van der Waals surface area contributed by atoms with Crippen molar-refractivity contribution in [2.75, 3.05) is 5.32 Å². The fraction of sp³-hybridized carbons (Fsp3) is 0.294. The summed E-state index contributed by atoms with van der Waals surface area (Å²) in [4.78, 5) is 4.30. The number of nitrogens with one attached hydrogen (secondary N) is 1. The predicted molar refractivity (Wildman–Crippen MR) is 81.2 cm³/mol. The van der Waals surface area contributed by atoms with E-state index < -0.39 is 0 Å². The van der Waals surface area contributed by atoms with Crippen LogP contribution in [0.2, 0.25) is 0 Å². The molecule has 1 N–H and O–H groups in total. The van der Waals surface area contributed by atoms with E-state index in [1.54, 1.807) is 6.07 Å². The van der Waals surface area contributed by atoms with Gasteiger partial charge in [0.15, 0.2) is 0 Å². The van der Waals surface area contributed by atoms with Gasteiger partial charge in [0.2, 0.25) is 0 Å². The molecule has 1 heterocycles. The summed E-state index contributed by atoms with van der Waals surface area (Å²) in [5, 5.41) is 12.4. The van der Waals surface area contributed by atoms with Crippen molar-refractivity contribution < 1.29 is 0 Å². The molecular formula is C17H19N3. The van der Waals surface area contributed by atoms with Gasteiger partial charge in [-0.2, -0.15) is 5.26 Å². The van der Waals surface area contributed by atoms with Gasteiger partial charge in [-0.1, -0.05) is 57.2 Å². The highest BCUT2D eigenvalue weighted by Gasteiger charge is 2.26. The summed E-state index contributed by atoms with van der Waals surface area (Å²) in [6.07, 6.45) is 0. The highest BCUT2D eigenvalue weighted by molar-refractivity contribution is 5.42. The van der Waals surface area contributed by atoms with Crippen LogP contribution in [-0.4, -0.2) is 4.98 Å². The maximum atomic E-state index is 8.93. The molecule has 3 nitrogen and oxygen atoms in total. The maximum absolute atomic E-state index is 8.93. The Morgan fingerprint density at radius 3 is 2.35 bits per heavy atom. The van der Waals surface area contributed by atoms with E-state index in [1.165, 1.54) is 5.56 Å². The fourth-order valence-electron chi connectivity index (χ4n) is 2.17. The van der Waals surface area contributed by atoms with Crippen LogP contribution in [0.4, 0.5) is 5.82 Å². The van der Waals surface area contributed by atoms with Gasteiger partial charge < -0.3 is 5.32 Å². The summed E-state index contributed by atoms with van der Waals surface area (Å²) >= 11 is 0. The van der Waals surface area contributed by atoms with Crippen molar-refractivity contribution in [1.29, 1.82) is 5.26 Å². The largest absolute Gasteiger partial charge is 0.363 e. The van der Waals surface area contributed by atoms with Gasteiger partial charge in [-0.15, -0.1) is 0 Å². The number of pyridine rings is 1. The minimum Gasteiger partial charge on any atom is -0.363 e. The number of aromatic nitrogens is 1. The third-order valence-electron chi connectivity index (χ3n) is 3.15. The first-order valence-electron chi connectivity index (χ1n) is 6.69. The number of nitriles is 1. The quantitative estimate of drug-likeness (QED) is 0.906. The standard InChI is InChI=1S/C17H19N3/c1-17(2,3)16(13-8-5-4-6-9-13)20-15-11-7-10-14(12-18)19-15/h4-11,16H,1-3H3,(H,19,20). The number of nitrogens with zero attached hydrogens (tertiary/aromatic N) is 2. The summed E-state index contributed by atoms with van der Waals surface area (Å²) in [7, 11) is 0. The molecule has 0 amide bonds. The second-order valence-electron chi connectivity index (χ2n) is 5.87. The van der Waals surface area contributed by atoms with E-state index in [0.29, 0.717) is 5.69 Å². The Labute approximate surface area is 120 Å². The predicted octanol–water partition coefficient (Wildman–Crippen LogP) is 4.15. The number of anilines is 1. The smallest absolute Gasteiger partial charge is 0.142 e. The molecule has 20 heavy (non-hydrogen) atoms. The molecule has 0 bridgehead atoms. The highest BCUT2D eigenvalue weighted by atomic mass is 15.0. The van der Waals surface area contributed by atoms with Crippen molar-refractivity contribution in [2.45, 2.75) is 26.8 Å². The molecule has 1 atom stereocenters. The van der Waals surface area contributed by atoms with Gasteiger partial charge in [-0.25, -0.2) is 4.98 Å². The fourth-order valence-corrected chi connectivity index (χ4v) is 2.17. The van der Waals surface area contributed by atoms with Gasteiger partial charge in [-0.05, 0) is 23.1 Å². The summed E-state index contributed by atoms with van der Waals surface area (Å²) < 4.78 is 0. The molecule has 2 aromatic rings. The molecule has 2 rings (SSSR count). The van der Waals surface area contributed by atoms with E-state index in [4.69, 9.17) is 5.26 Å². The average Bonchev–Trinajstić information content (AvgIpc) is 2.45. The monoisotopic (exact) mass is 265 g/mol. The summed E-state index contributed by atoms with van der Waals surface area (Å²) in [6, 6.07) is 17.9. The molecule has 0 spiro atoms. The number of hydrogen-bond donors (Lipinski definition) is 1. The third-order valence-corrected chi connectivity index (χ3v) is 3.15. The lowest BCUT2D eigenvalue weighted by atomic mass is 9.82.